The van der Waals surface area contributed by atoms with Crippen molar-refractivity contribution in [2.75, 3.05) is 31.1 Å². The molecule has 1 saturated heterocycles. The van der Waals surface area contributed by atoms with Crippen molar-refractivity contribution in [3.8, 4) is 28.1 Å². The molecule has 0 atom stereocenters. The molecule has 1 aromatic carbocycles. The molecule has 1 aliphatic carbocycles. The van der Waals surface area contributed by atoms with Crippen LogP contribution in [0.4, 0.5) is 5.95 Å². The molecule has 2 fully saturated rings. The van der Waals surface area contributed by atoms with Crippen LogP contribution in [0.15, 0.2) is 36.8 Å². The normalized spacial score (nSPS) is 18.0. The SMILES string of the molecule is Oc1cc(-c2cn[nH]c2)ccc1-c1cnc(N2CCN(C3CC3)CC2)nn1. The van der Waals surface area contributed by atoms with Gasteiger partial charge >= 0.3 is 0 Å². The number of piperazine rings is 1. The standard InChI is InChI=1S/C19H21N7O/c27-18-9-13(14-10-21-22-11-14)1-4-16(18)17-12-20-19(24-23-17)26-7-5-25(6-8-26)15-2-3-15/h1,4,9-12,15,27H,2-3,5-8H2,(H,21,22). The molecule has 3 aromatic rings. The maximum absolute atomic E-state index is 10.4. The Balaban J connectivity index is 1.31. The van der Waals surface area contributed by atoms with Crippen molar-refractivity contribution in [2.45, 2.75) is 18.9 Å². The van der Waals surface area contributed by atoms with Gasteiger partial charge in [0.05, 0.1) is 12.4 Å². The Bertz CT molecular complexity index is 914. The lowest BCUT2D eigenvalue weighted by Crippen LogP contribution is -2.47. The number of phenolic OH excluding ortho intramolecular Hbond substituents is 1. The monoisotopic (exact) mass is 363 g/mol. The Hall–Kier alpha value is -3.00. The van der Waals surface area contributed by atoms with Crippen LogP contribution >= 0.6 is 0 Å². The molecule has 5 rings (SSSR count). The summed E-state index contributed by atoms with van der Waals surface area (Å²) in [5, 5.41) is 25.7. The van der Waals surface area contributed by atoms with E-state index in [4.69, 9.17) is 0 Å². The largest absolute Gasteiger partial charge is 0.507 e. The van der Waals surface area contributed by atoms with Gasteiger partial charge in [-0.25, -0.2) is 4.98 Å². The van der Waals surface area contributed by atoms with Crippen molar-refractivity contribution in [1.29, 1.82) is 0 Å². The van der Waals surface area contributed by atoms with E-state index in [9.17, 15) is 5.11 Å². The molecule has 0 amide bonds. The van der Waals surface area contributed by atoms with E-state index in [1.807, 2.05) is 12.1 Å². The van der Waals surface area contributed by atoms with Crippen LogP contribution in [-0.4, -0.2) is 67.6 Å². The smallest absolute Gasteiger partial charge is 0.245 e. The molecule has 2 aromatic heterocycles. The summed E-state index contributed by atoms with van der Waals surface area (Å²) in [6.07, 6.45) is 7.87. The fraction of sp³-hybridized carbons (Fsp3) is 0.368. The van der Waals surface area contributed by atoms with Gasteiger partial charge in [-0.3, -0.25) is 10.00 Å². The van der Waals surface area contributed by atoms with Crippen LogP contribution < -0.4 is 4.90 Å². The van der Waals surface area contributed by atoms with Crippen molar-refractivity contribution in [1.82, 2.24) is 30.3 Å². The summed E-state index contributed by atoms with van der Waals surface area (Å²) < 4.78 is 0. The first kappa shape index (κ1) is 16.2. The second kappa shape index (κ2) is 6.62. The maximum Gasteiger partial charge on any atom is 0.245 e. The van der Waals surface area contributed by atoms with Crippen LogP contribution in [0.25, 0.3) is 22.4 Å². The average molecular weight is 363 g/mol. The molecule has 2 aliphatic rings. The number of H-pyrrole nitrogens is 1. The zero-order valence-electron chi connectivity index (χ0n) is 14.9. The molecule has 0 radical (unpaired) electrons. The zero-order valence-corrected chi connectivity index (χ0v) is 14.9. The quantitative estimate of drug-likeness (QED) is 0.731. The lowest BCUT2D eigenvalue weighted by molar-refractivity contribution is 0.247. The van der Waals surface area contributed by atoms with Gasteiger partial charge in [-0.2, -0.15) is 5.10 Å². The Morgan fingerprint density at radius 3 is 2.48 bits per heavy atom. The van der Waals surface area contributed by atoms with Crippen LogP contribution in [0.1, 0.15) is 12.8 Å². The number of hydrogen-bond donors (Lipinski definition) is 2. The van der Waals surface area contributed by atoms with Gasteiger partial charge in [-0.1, -0.05) is 6.07 Å². The molecule has 2 N–H and O–H groups in total. The van der Waals surface area contributed by atoms with E-state index in [1.54, 1.807) is 24.7 Å². The number of anilines is 1. The lowest BCUT2D eigenvalue weighted by Gasteiger charge is -2.34. The summed E-state index contributed by atoms with van der Waals surface area (Å²) in [6.45, 7) is 3.99. The number of nitrogens with one attached hydrogen (secondary N) is 1. The number of hydrogen-bond acceptors (Lipinski definition) is 7. The number of phenols is 1. The highest BCUT2D eigenvalue weighted by Crippen LogP contribution is 2.32. The van der Waals surface area contributed by atoms with Crippen LogP contribution in [-0.2, 0) is 0 Å². The number of aromatic nitrogens is 5. The molecular weight excluding hydrogens is 342 g/mol. The third kappa shape index (κ3) is 3.23. The molecule has 138 valence electrons. The Morgan fingerprint density at radius 2 is 1.85 bits per heavy atom. The number of aromatic hydroxyl groups is 1. The fourth-order valence-electron chi connectivity index (χ4n) is 3.60. The fourth-order valence-corrected chi connectivity index (χ4v) is 3.60. The van der Waals surface area contributed by atoms with E-state index in [1.165, 1.54) is 12.8 Å². The minimum atomic E-state index is 0.149. The zero-order chi connectivity index (χ0) is 18.2. The highest BCUT2D eigenvalue weighted by Gasteiger charge is 2.31. The first-order valence-corrected chi connectivity index (χ1v) is 9.29. The summed E-state index contributed by atoms with van der Waals surface area (Å²) in [6, 6.07) is 6.26. The summed E-state index contributed by atoms with van der Waals surface area (Å²) in [7, 11) is 0. The van der Waals surface area contributed by atoms with Crippen molar-refractivity contribution < 1.29 is 5.11 Å². The van der Waals surface area contributed by atoms with Gasteiger partial charge in [0, 0.05) is 49.5 Å². The van der Waals surface area contributed by atoms with E-state index >= 15 is 0 Å². The van der Waals surface area contributed by atoms with Crippen LogP contribution in [0.5, 0.6) is 5.75 Å². The Labute approximate surface area is 156 Å². The number of rotatable bonds is 4. The second-order valence-electron chi connectivity index (χ2n) is 7.12. The Kier molecular flexibility index (Phi) is 3.97. The molecule has 3 heterocycles. The number of aromatic amines is 1. The Morgan fingerprint density at radius 1 is 1.00 bits per heavy atom. The van der Waals surface area contributed by atoms with Gasteiger partial charge in [0.15, 0.2) is 0 Å². The van der Waals surface area contributed by atoms with Crippen molar-refractivity contribution in [2.24, 2.45) is 0 Å². The van der Waals surface area contributed by atoms with E-state index in [0.29, 0.717) is 17.2 Å². The van der Waals surface area contributed by atoms with Crippen molar-refractivity contribution in [3.05, 3.63) is 36.8 Å². The third-order valence-corrected chi connectivity index (χ3v) is 5.32. The van der Waals surface area contributed by atoms with Crippen LogP contribution in [0.3, 0.4) is 0 Å². The third-order valence-electron chi connectivity index (χ3n) is 5.32. The molecule has 0 bridgehead atoms. The average Bonchev–Trinajstić information content (AvgIpc) is 3.42. The summed E-state index contributed by atoms with van der Waals surface area (Å²) in [5.41, 5.74) is 2.98. The van der Waals surface area contributed by atoms with Crippen LogP contribution in [0, 0.1) is 0 Å². The first-order valence-electron chi connectivity index (χ1n) is 9.29. The minimum Gasteiger partial charge on any atom is -0.507 e. The van der Waals surface area contributed by atoms with E-state index in [2.05, 4.69) is 35.2 Å². The van der Waals surface area contributed by atoms with Gasteiger partial charge in [-0.15, -0.1) is 10.2 Å². The van der Waals surface area contributed by atoms with Gasteiger partial charge < -0.3 is 10.0 Å². The molecule has 0 unspecified atom stereocenters. The first-order chi connectivity index (χ1) is 13.3. The molecule has 27 heavy (non-hydrogen) atoms. The van der Waals surface area contributed by atoms with Gasteiger partial charge in [0.25, 0.3) is 0 Å². The predicted octanol–water partition coefficient (Wildman–Crippen LogP) is 1.92. The lowest BCUT2D eigenvalue weighted by atomic mass is 10.0. The van der Waals surface area contributed by atoms with Crippen molar-refractivity contribution >= 4 is 5.95 Å². The highest BCUT2D eigenvalue weighted by atomic mass is 16.3. The summed E-state index contributed by atoms with van der Waals surface area (Å²) in [4.78, 5) is 9.22. The highest BCUT2D eigenvalue weighted by molar-refractivity contribution is 5.73. The van der Waals surface area contributed by atoms with E-state index < -0.39 is 0 Å². The molecule has 8 heteroatoms. The summed E-state index contributed by atoms with van der Waals surface area (Å²) >= 11 is 0. The predicted molar refractivity (Wildman–Crippen MR) is 101 cm³/mol. The number of benzene rings is 1. The molecule has 1 aliphatic heterocycles. The maximum atomic E-state index is 10.4. The molecule has 8 nitrogen and oxygen atoms in total. The van der Waals surface area contributed by atoms with Gasteiger partial charge in [-0.05, 0) is 30.5 Å². The van der Waals surface area contributed by atoms with Gasteiger partial charge in [0.2, 0.25) is 5.95 Å². The summed E-state index contributed by atoms with van der Waals surface area (Å²) in [5.74, 6) is 0.805. The van der Waals surface area contributed by atoms with E-state index in [-0.39, 0.29) is 5.75 Å². The minimum absolute atomic E-state index is 0.149. The van der Waals surface area contributed by atoms with E-state index in [0.717, 1.165) is 43.3 Å². The van der Waals surface area contributed by atoms with Gasteiger partial charge in [0.1, 0.15) is 11.4 Å². The van der Waals surface area contributed by atoms with Crippen LogP contribution in [0.2, 0.25) is 0 Å². The second-order valence-corrected chi connectivity index (χ2v) is 7.12. The molecule has 1 saturated carbocycles. The molecular formula is C19H21N7O. The topological polar surface area (TPSA) is 94.1 Å². The number of nitrogens with zero attached hydrogens (tertiary/aromatic N) is 6. The van der Waals surface area contributed by atoms with Crippen molar-refractivity contribution in [3.63, 3.8) is 0 Å². The molecule has 0 spiro atoms.